The van der Waals surface area contributed by atoms with Crippen LogP contribution < -0.4 is 10.2 Å². The van der Waals surface area contributed by atoms with E-state index in [2.05, 4.69) is 0 Å². The fraction of sp³-hybridized carbons (Fsp3) is 0.600. The van der Waals surface area contributed by atoms with Crippen molar-refractivity contribution in [2.75, 3.05) is 0 Å². The zero-order valence-electron chi connectivity index (χ0n) is 4.92. The van der Waals surface area contributed by atoms with Crippen molar-refractivity contribution in [1.29, 1.82) is 0 Å². The summed E-state index contributed by atoms with van der Waals surface area (Å²) in [6.45, 7) is 1.26. The first kappa shape index (κ1) is 7.94. The van der Waals surface area contributed by atoms with Crippen molar-refractivity contribution in [3.05, 3.63) is 0 Å². The lowest BCUT2D eigenvalue weighted by Gasteiger charge is -2.11. The van der Waals surface area contributed by atoms with Gasteiger partial charge in [-0.05, 0) is 6.42 Å². The maximum Gasteiger partial charge on any atom is 0.0446 e. The topological polar surface area (TPSA) is 80.3 Å². The van der Waals surface area contributed by atoms with Crippen molar-refractivity contribution < 1.29 is 19.8 Å². The zero-order chi connectivity index (χ0) is 7.44. The summed E-state index contributed by atoms with van der Waals surface area (Å²) in [7, 11) is 0. The Balaban J connectivity index is 3.63. The molecular formula is C5H6O4-2. The fourth-order valence-corrected chi connectivity index (χ4v) is 0.333. The lowest BCUT2D eigenvalue weighted by molar-refractivity contribution is -0.320. The third-order valence-corrected chi connectivity index (χ3v) is 0.875. The van der Waals surface area contributed by atoms with Gasteiger partial charge in [-0.15, -0.1) is 0 Å². The average molecular weight is 130 g/mol. The number of carbonyl (C=O) groups is 2. The van der Waals surface area contributed by atoms with Gasteiger partial charge in [-0.25, -0.2) is 0 Å². The first-order valence-corrected chi connectivity index (χ1v) is 2.44. The normalized spacial score (nSPS) is 12.6. The van der Waals surface area contributed by atoms with Crippen molar-refractivity contribution in [1.82, 2.24) is 0 Å². The highest BCUT2D eigenvalue weighted by Crippen LogP contribution is 1.96. The molecule has 0 aromatic rings. The lowest BCUT2D eigenvalue weighted by Crippen LogP contribution is -2.34. The molecule has 0 heterocycles. The summed E-state index contributed by atoms with van der Waals surface area (Å²) in [5.74, 6) is -3.69. The number of hydrogen-bond donors (Lipinski definition) is 0. The highest BCUT2D eigenvalue weighted by molar-refractivity contribution is 5.74. The summed E-state index contributed by atoms with van der Waals surface area (Å²) in [5, 5.41) is 19.5. The van der Waals surface area contributed by atoms with Gasteiger partial charge in [0.25, 0.3) is 0 Å². The molecule has 0 radical (unpaired) electrons. The third-order valence-electron chi connectivity index (χ3n) is 0.875. The third kappa shape index (κ3) is 3.52. The van der Waals surface area contributed by atoms with Gasteiger partial charge in [-0.3, -0.25) is 0 Å². The lowest BCUT2D eigenvalue weighted by atomic mass is 10.1. The molecule has 0 aliphatic rings. The molecule has 0 bridgehead atoms. The fourth-order valence-electron chi connectivity index (χ4n) is 0.333. The minimum atomic E-state index is -1.37. The van der Waals surface area contributed by atoms with Gasteiger partial charge < -0.3 is 19.8 Å². The Morgan fingerprint density at radius 3 is 2.00 bits per heavy atom. The number of carboxylic acids is 2. The molecule has 0 saturated heterocycles. The van der Waals surface area contributed by atoms with Gasteiger partial charge in [-0.1, -0.05) is 6.92 Å². The predicted octanol–water partition coefficient (Wildman–Crippen LogP) is -2.49. The van der Waals surface area contributed by atoms with Crippen LogP contribution in [0.1, 0.15) is 13.3 Å². The minimum absolute atomic E-state index is 0.484. The summed E-state index contributed by atoms with van der Waals surface area (Å²) >= 11 is 0. The van der Waals surface area contributed by atoms with Crippen molar-refractivity contribution in [2.24, 2.45) is 5.92 Å². The second kappa shape index (κ2) is 3.06. The van der Waals surface area contributed by atoms with Gasteiger partial charge in [0, 0.05) is 17.9 Å². The number of rotatable bonds is 3. The van der Waals surface area contributed by atoms with E-state index in [4.69, 9.17) is 0 Å². The Bertz CT molecular complexity index is 129. The van der Waals surface area contributed by atoms with Gasteiger partial charge in [0.05, 0.1) is 0 Å². The van der Waals surface area contributed by atoms with E-state index in [0.29, 0.717) is 0 Å². The summed E-state index contributed by atoms with van der Waals surface area (Å²) in [5.41, 5.74) is 0. The smallest absolute Gasteiger partial charge is 0.0446 e. The highest BCUT2D eigenvalue weighted by atomic mass is 16.4. The van der Waals surface area contributed by atoms with E-state index in [1.165, 1.54) is 6.92 Å². The van der Waals surface area contributed by atoms with E-state index in [1.54, 1.807) is 0 Å². The second-order valence-electron chi connectivity index (χ2n) is 1.80. The van der Waals surface area contributed by atoms with Crippen molar-refractivity contribution >= 4 is 11.9 Å². The van der Waals surface area contributed by atoms with E-state index in [-0.39, 0.29) is 0 Å². The van der Waals surface area contributed by atoms with Gasteiger partial charge in [0.2, 0.25) is 0 Å². The standard InChI is InChI=1S/C5H8O4/c1-3(5(8)9)2-4(6)7/h3H,2H2,1H3,(H,6,7)(H,8,9)/p-2/t3-/m0/s1. The molecule has 4 nitrogen and oxygen atoms in total. The molecule has 0 amide bonds. The Kier molecular flexibility index (Phi) is 2.70. The van der Waals surface area contributed by atoms with E-state index < -0.39 is 24.3 Å². The van der Waals surface area contributed by atoms with Crippen LogP contribution in [0.15, 0.2) is 0 Å². The molecule has 0 unspecified atom stereocenters. The van der Waals surface area contributed by atoms with E-state index in [0.717, 1.165) is 0 Å². The molecule has 0 aromatic carbocycles. The molecule has 0 fully saturated rings. The molecule has 0 aliphatic heterocycles. The molecule has 52 valence electrons. The minimum Gasteiger partial charge on any atom is -0.550 e. The largest absolute Gasteiger partial charge is 0.550 e. The van der Waals surface area contributed by atoms with Crippen LogP contribution in [0.4, 0.5) is 0 Å². The van der Waals surface area contributed by atoms with Gasteiger partial charge in [-0.2, -0.15) is 0 Å². The van der Waals surface area contributed by atoms with Crippen LogP contribution in [0, 0.1) is 5.92 Å². The number of carboxylic acid groups (broad SMARTS) is 2. The van der Waals surface area contributed by atoms with E-state index in [1.807, 2.05) is 0 Å². The van der Waals surface area contributed by atoms with Crippen LogP contribution in [-0.2, 0) is 9.59 Å². The van der Waals surface area contributed by atoms with Gasteiger partial charge >= 0.3 is 0 Å². The van der Waals surface area contributed by atoms with Crippen LogP contribution in [-0.4, -0.2) is 11.9 Å². The Morgan fingerprint density at radius 2 is 1.89 bits per heavy atom. The monoisotopic (exact) mass is 130 g/mol. The van der Waals surface area contributed by atoms with Crippen molar-refractivity contribution in [2.45, 2.75) is 13.3 Å². The Labute approximate surface area is 52.1 Å². The van der Waals surface area contributed by atoms with Gasteiger partial charge in [0.15, 0.2) is 0 Å². The van der Waals surface area contributed by atoms with Crippen molar-refractivity contribution in [3.63, 3.8) is 0 Å². The first-order chi connectivity index (χ1) is 4.04. The maximum atomic E-state index is 9.83. The summed E-state index contributed by atoms with van der Waals surface area (Å²) in [4.78, 5) is 19.5. The molecule has 0 rings (SSSR count). The molecule has 4 heteroatoms. The van der Waals surface area contributed by atoms with Crippen LogP contribution in [0.25, 0.3) is 0 Å². The van der Waals surface area contributed by atoms with Crippen LogP contribution >= 0.6 is 0 Å². The van der Waals surface area contributed by atoms with Gasteiger partial charge in [0.1, 0.15) is 0 Å². The van der Waals surface area contributed by atoms with Crippen LogP contribution in [0.2, 0.25) is 0 Å². The molecule has 0 saturated carbocycles. The molecule has 0 spiro atoms. The quantitative estimate of drug-likeness (QED) is 0.423. The second-order valence-corrected chi connectivity index (χ2v) is 1.80. The molecule has 1 atom stereocenters. The Morgan fingerprint density at radius 1 is 1.44 bits per heavy atom. The van der Waals surface area contributed by atoms with Crippen LogP contribution in [0.5, 0.6) is 0 Å². The maximum absolute atomic E-state index is 9.83. The Hall–Kier alpha value is -1.06. The highest BCUT2D eigenvalue weighted by Gasteiger charge is 2.00. The first-order valence-electron chi connectivity index (χ1n) is 2.44. The van der Waals surface area contributed by atoms with Crippen molar-refractivity contribution in [3.8, 4) is 0 Å². The van der Waals surface area contributed by atoms with E-state index in [9.17, 15) is 19.8 Å². The predicted molar refractivity (Wildman–Crippen MR) is 23.8 cm³/mol. The number of hydrogen-bond acceptors (Lipinski definition) is 4. The molecule has 0 N–H and O–H groups in total. The summed E-state index contributed by atoms with van der Waals surface area (Å²) in [6, 6.07) is 0. The summed E-state index contributed by atoms with van der Waals surface area (Å²) in [6.07, 6.45) is -0.484. The molecule has 0 aliphatic carbocycles. The SMILES string of the molecule is C[C@@H](CC(=O)[O-])C(=O)[O-]. The molecule has 9 heavy (non-hydrogen) atoms. The number of aliphatic carboxylic acids is 2. The number of carbonyl (C=O) groups excluding carboxylic acids is 2. The molecular weight excluding hydrogens is 124 g/mol. The summed E-state index contributed by atoms with van der Waals surface area (Å²) < 4.78 is 0. The zero-order valence-corrected chi connectivity index (χ0v) is 4.92. The van der Waals surface area contributed by atoms with Crippen LogP contribution in [0.3, 0.4) is 0 Å². The van der Waals surface area contributed by atoms with E-state index >= 15 is 0 Å². The molecule has 0 aromatic heterocycles. The average Bonchev–Trinajstić information content (AvgIpc) is 1.63.